The lowest BCUT2D eigenvalue weighted by Crippen LogP contribution is -2.20. The van der Waals surface area contributed by atoms with Crippen LogP contribution >= 0.6 is 11.8 Å². The first-order chi connectivity index (χ1) is 12.8. The van der Waals surface area contributed by atoms with Crippen LogP contribution in [0.3, 0.4) is 0 Å². The number of aromatic nitrogens is 1. The largest absolute Gasteiger partial charge is 0.483 e. The van der Waals surface area contributed by atoms with E-state index in [2.05, 4.69) is 0 Å². The molecule has 0 aliphatic carbocycles. The van der Waals surface area contributed by atoms with Crippen LogP contribution in [0.2, 0.25) is 0 Å². The molecule has 142 valence electrons. The van der Waals surface area contributed by atoms with Gasteiger partial charge in [0.1, 0.15) is 5.75 Å². The van der Waals surface area contributed by atoms with Gasteiger partial charge in [0, 0.05) is 35.5 Å². The Bertz CT molecular complexity index is 1030. The lowest BCUT2D eigenvalue weighted by atomic mass is 9.98. The average Bonchev–Trinajstić information content (AvgIpc) is 2.63. The van der Waals surface area contributed by atoms with Crippen LogP contribution in [0, 0.1) is 0 Å². The van der Waals surface area contributed by atoms with E-state index in [-0.39, 0.29) is 11.3 Å². The Labute approximate surface area is 158 Å². The van der Waals surface area contributed by atoms with Gasteiger partial charge in [0.2, 0.25) is 0 Å². The molecule has 0 fully saturated rings. The number of hydrogen-bond acceptors (Lipinski definition) is 3. The third-order valence-electron chi connectivity index (χ3n) is 4.13. The van der Waals surface area contributed by atoms with Gasteiger partial charge in [-0.25, -0.2) is 0 Å². The van der Waals surface area contributed by atoms with Gasteiger partial charge in [-0.1, -0.05) is 24.3 Å². The van der Waals surface area contributed by atoms with Crippen LogP contribution in [0.15, 0.2) is 53.5 Å². The second-order valence-electron chi connectivity index (χ2n) is 6.17. The molecule has 0 saturated heterocycles. The maximum absolute atomic E-state index is 12.7. The van der Waals surface area contributed by atoms with E-state index in [0.29, 0.717) is 21.9 Å². The maximum Gasteiger partial charge on any atom is 0.422 e. The molecule has 0 spiro atoms. The smallest absolute Gasteiger partial charge is 0.422 e. The Morgan fingerprint density at radius 1 is 1.07 bits per heavy atom. The van der Waals surface area contributed by atoms with Gasteiger partial charge in [0.15, 0.2) is 6.61 Å². The zero-order valence-electron chi connectivity index (χ0n) is 14.8. The Morgan fingerprint density at radius 3 is 2.44 bits per heavy atom. The topological polar surface area (TPSA) is 31.2 Å². The van der Waals surface area contributed by atoms with E-state index in [0.717, 1.165) is 11.3 Å². The Morgan fingerprint density at radius 2 is 1.78 bits per heavy atom. The third kappa shape index (κ3) is 4.30. The van der Waals surface area contributed by atoms with E-state index < -0.39 is 12.8 Å². The van der Waals surface area contributed by atoms with Gasteiger partial charge in [-0.05, 0) is 35.4 Å². The SMILES string of the molecule is CSCc1ccc(OCC(F)(F)F)c(-c2cn(C)c(=O)c3ccccc23)c1. The number of fused-ring (bicyclic) bond motifs is 1. The van der Waals surface area contributed by atoms with Crippen LogP contribution in [0.4, 0.5) is 13.2 Å². The number of halogens is 3. The van der Waals surface area contributed by atoms with E-state index >= 15 is 0 Å². The van der Waals surface area contributed by atoms with Gasteiger partial charge in [-0.2, -0.15) is 24.9 Å². The Balaban J connectivity index is 2.22. The van der Waals surface area contributed by atoms with Crippen molar-refractivity contribution in [3.63, 3.8) is 0 Å². The van der Waals surface area contributed by atoms with Crippen LogP contribution in [-0.2, 0) is 12.8 Å². The molecule has 1 aromatic heterocycles. The highest BCUT2D eigenvalue weighted by molar-refractivity contribution is 7.97. The molecule has 3 nitrogen and oxygen atoms in total. The molecule has 0 atom stereocenters. The van der Waals surface area contributed by atoms with Gasteiger partial charge in [-0.15, -0.1) is 0 Å². The van der Waals surface area contributed by atoms with Crippen molar-refractivity contribution in [3.05, 3.63) is 64.6 Å². The minimum atomic E-state index is -4.43. The molecule has 0 saturated carbocycles. The summed E-state index contributed by atoms with van der Waals surface area (Å²) in [4.78, 5) is 12.4. The zero-order chi connectivity index (χ0) is 19.6. The molecule has 0 amide bonds. The fraction of sp³-hybridized carbons (Fsp3) is 0.250. The van der Waals surface area contributed by atoms with E-state index in [4.69, 9.17) is 4.74 Å². The highest BCUT2D eigenvalue weighted by Crippen LogP contribution is 2.36. The summed E-state index contributed by atoms with van der Waals surface area (Å²) in [6.45, 7) is -1.37. The lowest BCUT2D eigenvalue weighted by Gasteiger charge is -2.17. The summed E-state index contributed by atoms with van der Waals surface area (Å²) >= 11 is 1.62. The molecular weight excluding hydrogens is 375 g/mol. The second kappa shape index (κ2) is 7.68. The van der Waals surface area contributed by atoms with E-state index in [1.54, 1.807) is 61.4 Å². The predicted molar refractivity (Wildman–Crippen MR) is 103 cm³/mol. The number of thioether (sulfide) groups is 1. The van der Waals surface area contributed by atoms with E-state index in [1.165, 1.54) is 4.57 Å². The van der Waals surface area contributed by atoms with E-state index in [1.807, 2.05) is 12.3 Å². The highest BCUT2D eigenvalue weighted by Gasteiger charge is 2.29. The lowest BCUT2D eigenvalue weighted by molar-refractivity contribution is -0.153. The molecule has 1 heterocycles. The normalized spacial score (nSPS) is 11.7. The standard InChI is InChI=1S/C20H18F3NO2S/c1-24-10-17(14-5-3-4-6-15(14)19(24)25)16-9-13(11-27-2)7-8-18(16)26-12-20(21,22)23/h3-10H,11-12H2,1-2H3. The van der Waals surface area contributed by atoms with Crippen molar-refractivity contribution >= 4 is 22.5 Å². The molecule has 27 heavy (non-hydrogen) atoms. The minimum absolute atomic E-state index is 0.140. The second-order valence-corrected chi connectivity index (χ2v) is 7.04. The third-order valence-corrected chi connectivity index (χ3v) is 4.75. The summed E-state index contributed by atoms with van der Waals surface area (Å²) in [7, 11) is 1.63. The highest BCUT2D eigenvalue weighted by atomic mass is 32.2. The Hall–Kier alpha value is -2.41. The van der Waals surface area contributed by atoms with Gasteiger partial charge in [0.25, 0.3) is 5.56 Å². The molecule has 0 unspecified atom stereocenters. The molecule has 2 aromatic carbocycles. The van der Waals surface area contributed by atoms with Gasteiger partial charge >= 0.3 is 6.18 Å². The number of hydrogen-bond donors (Lipinski definition) is 0. The number of aryl methyl sites for hydroxylation is 1. The van der Waals surface area contributed by atoms with Crippen molar-refractivity contribution in [1.82, 2.24) is 4.57 Å². The van der Waals surface area contributed by atoms with Crippen molar-refractivity contribution in [2.45, 2.75) is 11.9 Å². The summed E-state index contributed by atoms with van der Waals surface area (Å²) in [5.74, 6) is 0.858. The molecule has 0 aliphatic heterocycles. The average molecular weight is 393 g/mol. The first kappa shape index (κ1) is 19.4. The number of alkyl halides is 3. The zero-order valence-corrected chi connectivity index (χ0v) is 15.7. The monoisotopic (exact) mass is 393 g/mol. The maximum atomic E-state index is 12.7. The molecule has 0 N–H and O–H groups in total. The van der Waals surface area contributed by atoms with Crippen molar-refractivity contribution < 1.29 is 17.9 Å². The van der Waals surface area contributed by atoms with Gasteiger partial charge in [-0.3, -0.25) is 4.79 Å². The Kier molecular flexibility index (Phi) is 5.51. The molecule has 3 aromatic rings. The molecule has 0 bridgehead atoms. The van der Waals surface area contributed by atoms with Crippen LogP contribution in [0.5, 0.6) is 5.75 Å². The fourth-order valence-electron chi connectivity index (χ4n) is 2.96. The number of rotatable bonds is 5. The number of benzene rings is 2. The number of pyridine rings is 1. The predicted octanol–water partition coefficient (Wildman–Crippen LogP) is 5.01. The molecular formula is C20H18F3NO2S. The summed E-state index contributed by atoms with van der Waals surface area (Å²) in [6.07, 6.45) is -0.834. The first-order valence-electron chi connectivity index (χ1n) is 8.20. The van der Waals surface area contributed by atoms with Crippen LogP contribution in [0.25, 0.3) is 21.9 Å². The summed E-state index contributed by atoms with van der Waals surface area (Å²) in [6, 6.07) is 12.2. The van der Waals surface area contributed by atoms with Crippen LogP contribution < -0.4 is 10.3 Å². The van der Waals surface area contributed by atoms with Crippen molar-refractivity contribution in [2.75, 3.05) is 12.9 Å². The van der Waals surface area contributed by atoms with Crippen LogP contribution in [0.1, 0.15) is 5.56 Å². The van der Waals surface area contributed by atoms with Crippen molar-refractivity contribution in [1.29, 1.82) is 0 Å². The number of ether oxygens (including phenoxy) is 1. The molecule has 3 rings (SSSR count). The van der Waals surface area contributed by atoms with Crippen molar-refractivity contribution in [3.8, 4) is 16.9 Å². The van der Waals surface area contributed by atoms with Gasteiger partial charge < -0.3 is 9.30 Å². The molecule has 0 radical (unpaired) electrons. The summed E-state index contributed by atoms with van der Waals surface area (Å²) < 4.78 is 44.5. The van der Waals surface area contributed by atoms with Gasteiger partial charge in [0.05, 0.1) is 0 Å². The minimum Gasteiger partial charge on any atom is -0.483 e. The van der Waals surface area contributed by atoms with Crippen molar-refractivity contribution in [2.24, 2.45) is 7.05 Å². The van der Waals surface area contributed by atoms with E-state index in [9.17, 15) is 18.0 Å². The number of nitrogens with zero attached hydrogens (tertiary/aromatic N) is 1. The van der Waals surface area contributed by atoms with Crippen LogP contribution in [-0.4, -0.2) is 23.6 Å². The fourth-order valence-corrected chi connectivity index (χ4v) is 3.47. The quantitative estimate of drug-likeness (QED) is 0.611. The summed E-state index contributed by atoms with van der Waals surface area (Å²) in [5, 5.41) is 1.19. The summed E-state index contributed by atoms with van der Waals surface area (Å²) in [5.41, 5.74) is 2.01. The first-order valence-corrected chi connectivity index (χ1v) is 9.59. The molecule has 0 aliphatic rings. The molecule has 7 heteroatoms.